The van der Waals surface area contributed by atoms with Crippen molar-refractivity contribution >= 4 is 22.4 Å². The van der Waals surface area contributed by atoms with Crippen molar-refractivity contribution < 1.29 is 4.79 Å². The first-order chi connectivity index (χ1) is 8.08. The van der Waals surface area contributed by atoms with Crippen LogP contribution in [0.15, 0.2) is 5.38 Å². The predicted molar refractivity (Wildman–Crippen MR) is 68.8 cm³/mol. The number of anilines is 1. The number of hydrogen-bond acceptors (Lipinski definition) is 4. The molecule has 1 aromatic rings. The zero-order valence-electron chi connectivity index (χ0n) is 10.4. The molecule has 1 unspecified atom stereocenters. The van der Waals surface area contributed by atoms with Gasteiger partial charge in [0.2, 0.25) is 5.91 Å². The highest BCUT2D eigenvalue weighted by Crippen LogP contribution is 2.22. The number of amides is 1. The lowest BCUT2D eigenvalue weighted by atomic mass is 10.1. The van der Waals surface area contributed by atoms with E-state index >= 15 is 0 Å². The SMILES string of the molecule is CCCC(C#N)C(=O)Nc1nc(C(C)C)cs1. The molecule has 0 aliphatic rings. The van der Waals surface area contributed by atoms with Crippen LogP contribution in [0.25, 0.3) is 0 Å². The van der Waals surface area contributed by atoms with E-state index in [0.29, 0.717) is 17.5 Å². The molecular formula is C12H17N3OS. The average Bonchev–Trinajstić information content (AvgIpc) is 2.74. The number of hydrogen-bond donors (Lipinski definition) is 1. The van der Waals surface area contributed by atoms with E-state index in [1.165, 1.54) is 11.3 Å². The molecule has 1 atom stereocenters. The van der Waals surface area contributed by atoms with Crippen molar-refractivity contribution in [3.8, 4) is 6.07 Å². The fraction of sp³-hybridized carbons (Fsp3) is 0.583. The molecule has 4 nitrogen and oxygen atoms in total. The molecule has 1 rings (SSSR count). The van der Waals surface area contributed by atoms with Gasteiger partial charge in [-0.25, -0.2) is 4.98 Å². The summed E-state index contributed by atoms with van der Waals surface area (Å²) >= 11 is 1.40. The van der Waals surface area contributed by atoms with Crippen LogP contribution in [-0.2, 0) is 4.79 Å². The van der Waals surface area contributed by atoms with Crippen molar-refractivity contribution in [3.63, 3.8) is 0 Å². The molecule has 1 heterocycles. The first-order valence-electron chi connectivity index (χ1n) is 5.74. The molecule has 0 aromatic carbocycles. The lowest BCUT2D eigenvalue weighted by Crippen LogP contribution is -2.21. The zero-order valence-corrected chi connectivity index (χ0v) is 11.2. The summed E-state index contributed by atoms with van der Waals surface area (Å²) in [6.07, 6.45) is 1.41. The van der Waals surface area contributed by atoms with Crippen LogP contribution in [0.5, 0.6) is 0 Å². The van der Waals surface area contributed by atoms with Crippen molar-refractivity contribution in [2.75, 3.05) is 5.32 Å². The number of nitrogens with zero attached hydrogens (tertiary/aromatic N) is 2. The summed E-state index contributed by atoms with van der Waals surface area (Å²) in [7, 11) is 0. The summed E-state index contributed by atoms with van der Waals surface area (Å²) in [6, 6.07) is 2.02. The van der Waals surface area contributed by atoms with Gasteiger partial charge in [0, 0.05) is 5.38 Å². The second-order valence-electron chi connectivity index (χ2n) is 4.19. The zero-order chi connectivity index (χ0) is 12.8. The van der Waals surface area contributed by atoms with Gasteiger partial charge >= 0.3 is 0 Å². The summed E-state index contributed by atoms with van der Waals surface area (Å²) < 4.78 is 0. The van der Waals surface area contributed by atoms with E-state index in [9.17, 15) is 4.79 Å². The summed E-state index contributed by atoms with van der Waals surface area (Å²) in [6.45, 7) is 6.06. The third-order valence-electron chi connectivity index (χ3n) is 2.39. The van der Waals surface area contributed by atoms with Crippen LogP contribution >= 0.6 is 11.3 Å². The molecule has 0 radical (unpaired) electrons. The van der Waals surface area contributed by atoms with Crippen LogP contribution in [0.4, 0.5) is 5.13 Å². The monoisotopic (exact) mass is 251 g/mol. The molecule has 0 saturated carbocycles. The van der Waals surface area contributed by atoms with E-state index < -0.39 is 5.92 Å². The van der Waals surface area contributed by atoms with E-state index in [0.717, 1.165) is 12.1 Å². The average molecular weight is 251 g/mol. The number of rotatable bonds is 5. The molecule has 0 aliphatic heterocycles. The Balaban J connectivity index is 2.64. The molecule has 1 N–H and O–H groups in total. The first-order valence-corrected chi connectivity index (χ1v) is 6.62. The highest BCUT2D eigenvalue weighted by molar-refractivity contribution is 7.13. The molecular weight excluding hydrogens is 234 g/mol. The molecule has 1 amide bonds. The maximum atomic E-state index is 11.7. The number of carbonyl (C=O) groups excluding carboxylic acids is 1. The minimum Gasteiger partial charge on any atom is -0.301 e. The number of thiazole rings is 1. The topological polar surface area (TPSA) is 65.8 Å². The van der Waals surface area contributed by atoms with Crippen LogP contribution in [-0.4, -0.2) is 10.9 Å². The molecule has 0 saturated heterocycles. The summed E-state index contributed by atoms with van der Waals surface area (Å²) in [5, 5.41) is 14.1. The van der Waals surface area contributed by atoms with Gasteiger partial charge in [0.1, 0.15) is 5.92 Å². The maximum absolute atomic E-state index is 11.7. The molecule has 17 heavy (non-hydrogen) atoms. The molecule has 92 valence electrons. The Hall–Kier alpha value is -1.41. The summed E-state index contributed by atoms with van der Waals surface area (Å²) in [4.78, 5) is 16.0. The van der Waals surface area contributed by atoms with E-state index in [2.05, 4.69) is 24.1 Å². The third-order valence-corrected chi connectivity index (χ3v) is 3.17. The van der Waals surface area contributed by atoms with Crippen LogP contribution in [0.3, 0.4) is 0 Å². The second kappa shape index (κ2) is 6.36. The molecule has 5 heteroatoms. The van der Waals surface area contributed by atoms with Gasteiger partial charge in [0.05, 0.1) is 11.8 Å². The van der Waals surface area contributed by atoms with Gasteiger partial charge in [-0.2, -0.15) is 5.26 Å². The van der Waals surface area contributed by atoms with Crippen molar-refractivity contribution in [2.45, 2.75) is 39.5 Å². The quantitative estimate of drug-likeness (QED) is 0.874. The standard InChI is InChI=1S/C12H17N3OS/c1-4-5-9(6-13)11(16)15-12-14-10(7-17-12)8(2)3/h7-9H,4-5H2,1-3H3,(H,14,15,16). The fourth-order valence-electron chi connectivity index (χ4n) is 1.34. The second-order valence-corrected chi connectivity index (χ2v) is 5.05. The van der Waals surface area contributed by atoms with E-state index in [1.807, 2.05) is 18.4 Å². The van der Waals surface area contributed by atoms with Crippen molar-refractivity contribution in [3.05, 3.63) is 11.1 Å². The first kappa shape index (κ1) is 13.7. The van der Waals surface area contributed by atoms with Crippen LogP contribution in [0, 0.1) is 17.2 Å². The van der Waals surface area contributed by atoms with E-state index in [1.54, 1.807) is 0 Å². The summed E-state index contributed by atoms with van der Waals surface area (Å²) in [5.74, 6) is -0.482. The highest BCUT2D eigenvalue weighted by Gasteiger charge is 2.18. The minimum atomic E-state index is -0.577. The van der Waals surface area contributed by atoms with E-state index in [4.69, 9.17) is 5.26 Å². The number of carbonyl (C=O) groups is 1. The Labute approximate surface area is 106 Å². The van der Waals surface area contributed by atoms with Gasteiger partial charge in [-0.05, 0) is 12.3 Å². The molecule has 0 bridgehead atoms. The van der Waals surface area contributed by atoms with Gasteiger partial charge in [-0.3, -0.25) is 4.79 Å². The van der Waals surface area contributed by atoms with Crippen LogP contribution in [0.2, 0.25) is 0 Å². The van der Waals surface area contributed by atoms with Gasteiger partial charge in [0.15, 0.2) is 5.13 Å². The van der Waals surface area contributed by atoms with Crippen LogP contribution < -0.4 is 5.32 Å². The maximum Gasteiger partial charge on any atom is 0.243 e. The lowest BCUT2D eigenvalue weighted by Gasteiger charge is -2.06. The number of nitrogens with one attached hydrogen (secondary N) is 1. The van der Waals surface area contributed by atoms with E-state index in [-0.39, 0.29) is 5.91 Å². The largest absolute Gasteiger partial charge is 0.301 e. The predicted octanol–water partition coefficient (Wildman–Crippen LogP) is 3.14. The third kappa shape index (κ3) is 3.82. The normalized spacial score (nSPS) is 12.2. The number of aromatic nitrogens is 1. The molecule has 1 aromatic heterocycles. The molecule has 0 aliphatic carbocycles. The Morgan fingerprint density at radius 2 is 2.35 bits per heavy atom. The van der Waals surface area contributed by atoms with Gasteiger partial charge in [-0.1, -0.05) is 27.2 Å². The molecule has 0 fully saturated rings. The lowest BCUT2D eigenvalue weighted by molar-refractivity contribution is -0.118. The Morgan fingerprint density at radius 3 is 2.82 bits per heavy atom. The van der Waals surface area contributed by atoms with Crippen molar-refractivity contribution in [1.29, 1.82) is 5.26 Å². The fourth-order valence-corrected chi connectivity index (χ4v) is 2.22. The molecule has 0 spiro atoms. The van der Waals surface area contributed by atoms with Crippen molar-refractivity contribution in [2.24, 2.45) is 5.92 Å². The van der Waals surface area contributed by atoms with Crippen molar-refractivity contribution in [1.82, 2.24) is 4.98 Å². The minimum absolute atomic E-state index is 0.251. The smallest absolute Gasteiger partial charge is 0.243 e. The number of nitriles is 1. The Kier molecular flexibility index (Phi) is 5.11. The van der Waals surface area contributed by atoms with Gasteiger partial charge in [0.25, 0.3) is 0 Å². The van der Waals surface area contributed by atoms with Gasteiger partial charge < -0.3 is 5.32 Å². The Bertz CT molecular complexity index is 420. The van der Waals surface area contributed by atoms with Gasteiger partial charge in [-0.15, -0.1) is 11.3 Å². The van der Waals surface area contributed by atoms with Crippen LogP contribution in [0.1, 0.15) is 45.2 Å². The summed E-state index contributed by atoms with van der Waals surface area (Å²) in [5.41, 5.74) is 0.967. The Morgan fingerprint density at radius 1 is 1.65 bits per heavy atom. The highest BCUT2D eigenvalue weighted by atomic mass is 32.1.